The third kappa shape index (κ3) is 5.51. The lowest BCUT2D eigenvalue weighted by atomic mass is 9.64. The van der Waals surface area contributed by atoms with Gasteiger partial charge in [0.25, 0.3) is 0 Å². The van der Waals surface area contributed by atoms with Crippen LogP contribution in [0.2, 0.25) is 0 Å². The second kappa shape index (κ2) is 10.5. The van der Waals surface area contributed by atoms with E-state index in [4.69, 9.17) is 0 Å². The zero-order valence-corrected chi connectivity index (χ0v) is 17.8. The van der Waals surface area contributed by atoms with Crippen molar-refractivity contribution in [2.45, 2.75) is 71.6 Å². The molecular formula is C28H36. The molecule has 0 N–H and O–H groups in total. The van der Waals surface area contributed by atoms with E-state index in [2.05, 4.69) is 86.4 Å². The molecular weight excluding hydrogens is 336 g/mol. The largest absolute Gasteiger partial charge is 0.0863 e. The molecule has 1 atom stereocenters. The van der Waals surface area contributed by atoms with E-state index in [1.807, 2.05) is 0 Å². The van der Waals surface area contributed by atoms with Crippen LogP contribution in [0.4, 0.5) is 0 Å². The highest BCUT2D eigenvalue weighted by Crippen LogP contribution is 2.45. The summed E-state index contributed by atoms with van der Waals surface area (Å²) >= 11 is 0. The first-order chi connectivity index (χ1) is 13.8. The molecule has 0 heteroatoms. The molecule has 2 aliphatic carbocycles. The number of hydrogen-bond donors (Lipinski definition) is 0. The van der Waals surface area contributed by atoms with Crippen LogP contribution in [0.3, 0.4) is 0 Å². The Hall–Kier alpha value is -2.00. The first-order valence-electron chi connectivity index (χ1n) is 11.4. The molecule has 1 fully saturated rings. The van der Waals surface area contributed by atoms with Gasteiger partial charge in [0, 0.05) is 5.56 Å². The Morgan fingerprint density at radius 1 is 1.00 bits per heavy atom. The van der Waals surface area contributed by atoms with Crippen LogP contribution in [0.5, 0.6) is 0 Å². The molecule has 1 unspecified atom stereocenters. The molecule has 0 aliphatic heterocycles. The lowest BCUT2D eigenvalue weighted by Crippen LogP contribution is -2.31. The summed E-state index contributed by atoms with van der Waals surface area (Å²) in [5, 5.41) is 0. The van der Waals surface area contributed by atoms with Gasteiger partial charge in [0.2, 0.25) is 0 Å². The lowest BCUT2D eigenvalue weighted by Gasteiger charge is -2.39. The highest BCUT2D eigenvalue weighted by molar-refractivity contribution is 5.51. The van der Waals surface area contributed by atoms with Crippen molar-refractivity contribution < 1.29 is 0 Å². The average Bonchev–Trinajstić information content (AvgIpc) is 2.75. The van der Waals surface area contributed by atoms with Gasteiger partial charge in [0.1, 0.15) is 0 Å². The van der Waals surface area contributed by atoms with E-state index in [-0.39, 0.29) is 5.41 Å². The van der Waals surface area contributed by atoms with Crippen molar-refractivity contribution >= 4 is 6.08 Å². The van der Waals surface area contributed by atoms with Gasteiger partial charge in [-0.2, -0.15) is 0 Å². The minimum absolute atomic E-state index is 0.0334. The van der Waals surface area contributed by atoms with Crippen molar-refractivity contribution in [1.82, 2.24) is 0 Å². The number of allylic oxidation sites excluding steroid dienone is 5. The fourth-order valence-electron chi connectivity index (χ4n) is 4.76. The first kappa shape index (κ1) is 20.7. The standard InChI is InChI=1S/C28H36/c1-3-5-7-11-25-12-14-26(15-13-25)20-23-28(21-8-6-9-22-28)27-18-16-24(10-4-2)17-19-27/h6-9,11-15,21,24,27H,3-5,10,16-19,22H2,1-2H3/b11-7+. The normalized spacial score (nSPS) is 26.9. The van der Waals surface area contributed by atoms with E-state index in [9.17, 15) is 0 Å². The van der Waals surface area contributed by atoms with Crippen LogP contribution in [-0.2, 0) is 0 Å². The summed E-state index contributed by atoms with van der Waals surface area (Å²) < 4.78 is 0. The van der Waals surface area contributed by atoms with Crippen LogP contribution in [0, 0.1) is 29.1 Å². The monoisotopic (exact) mass is 372 g/mol. The maximum absolute atomic E-state index is 3.73. The smallest absolute Gasteiger partial charge is 0.0563 e. The van der Waals surface area contributed by atoms with Gasteiger partial charge in [-0.05, 0) is 55.2 Å². The summed E-state index contributed by atoms with van der Waals surface area (Å²) in [6.07, 6.45) is 25.2. The van der Waals surface area contributed by atoms with Gasteiger partial charge in [0.05, 0.1) is 5.41 Å². The molecule has 1 aromatic carbocycles. The van der Waals surface area contributed by atoms with Crippen LogP contribution in [0.25, 0.3) is 6.08 Å². The molecule has 0 saturated heterocycles. The molecule has 0 radical (unpaired) electrons. The molecule has 148 valence electrons. The molecule has 0 bridgehead atoms. The van der Waals surface area contributed by atoms with Crippen molar-refractivity contribution in [3.63, 3.8) is 0 Å². The van der Waals surface area contributed by atoms with Crippen molar-refractivity contribution in [2.24, 2.45) is 17.3 Å². The average molecular weight is 373 g/mol. The molecule has 1 saturated carbocycles. The molecule has 0 spiro atoms. The molecule has 0 heterocycles. The highest BCUT2D eigenvalue weighted by atomic mass is 14.4. The molecule has 1 aromatic rings. The van der Waals surface area contributed by atoms with E-state index in [1.165, 1.54) is 50.5 Å². The Morgan fingerprint density at radius 3 is 2.43 bits per heavy atom. The summed E-state index contributed by atoms with van der Waals surface area (Å²) in [5.74, 6) is 8.90. The van der Waals surface area contributed by atoms with Gasteiger partial charge in [0.15, 0.2) is 0 Å². The van der Waals surface area contributed by atoms with Gasteiger partial charge < -0.3 is 0 Å². The fourth-order valence-corrected chi connectivity index (χ4v) is 4.76. The third-order valence-electron chi connectivity index (χ3n) is 6.48. The Bertz CT molecular complexity index is 741. The van der Waals surface area contributed by atoms with E-state index < -0.39 is 0 Å². The van der Waals surface area contributed by atoms with Crippen molar-refractivity contribution in [3.05, 3.63) is 65.8 Å². The van der Waals surface area contributed by atoms with E-state index >= 15 is 0 Å². The topological polar surface area (TPSA) is 0 Å². The Kier molecular flexibility index (Phi) is 7.79. The van der Waals surface area contributed by atoms with Gasteiger partial charge in [-0.25, -0.2) is 0 Å². The van der Waals surface area contributed by atoms with E-state index in [0.29, 0.717) is 5.92 Å². The fraction of sp³-hybridized carbons (Fsp3) is 0.500. The summed E-state index contributed by atoms with van der Waals surface area (Å²) in [5.41, 5.74) is 2.43. The summed E-state index contributed by atoms with van der Waals surface area (Å²) in [7, 11) is 0. The second-order valence-electron chi connectivity index (χ2n) is 8.60. The number of rotatable bonds is 6. The number of unbranched alkanes of at least 4 members (excludes halogenated alkanes) is 1. The van der Waals surface area contributed by atoms with Crippen molar-refractivity contribution in [1.29, 1.82) is 0 Å². The molecule has 0 nitrogen and oxygen atoms in total. The van der Waals surface area contributed by atoms with Crippen LogP contribution in [0.15, 0.2) is 54.6 Å². The third-order valence-corrected chi connectivity index (χ3v) is 6.48. The predicted octanol–water partition coefficient (Wildman–Crippen LogP) is 7.96. The second-order valence-corrected chi connectivity index (χ2v) is 8.60. The van der Waals surface area contributed by atoms with Crippen LogP contribution < -0.4 is 0 Å². The maximum atomic E-state index is 3.73. The molecule has 0 amide bonds. The summed E-state index contributed by atoms with van der Waals surface area (Å²) in [6.45, 7) is 4.53. The van der Waals surface area contributed by atoms with Crippen molar-refractivity contribution in [3.8, 4) is 11.8 Å². The first-order valence-corrected chi connectivity index (χ1v) is 11.4. The lowest BCUT2D eigenvalue weighted by molar-refractivity contribution is 0.183. The van der Waals surface area contributed by atoms with Crippen LogP contribution in [-0.4, -0.2) is 0 Å². The van der Waals surface area contributed by atoms with Crippen LogP contribution >= 0.6 is 0 Å². The van der Waals surface area contributed by atoms with E-state index in [0.717, 1.165) is 24.3 Å². The molecule has 28 heavy (non-hydrogen) atoms. The Morgan fingerprint density at radius 2 is 1.79 bits per heavy atom. The molecule has 3 rings (SSSR count). The Balaban J connectivity index is 1.72. The van der Waals surface area contributed by atoms with Gasteiger partial charge >= 0.3 is 0 Å². The SMILES string of the molecule is CCC/C=C/c1ccc(C#CC2(C3CCC(CCC)CC3)C=CC=CC2)cc1. The zero-order valence-electron chi connectivity index (χ0n) is 17.8. The number of benzene rings is 1. The van der Waals surface area contributed by atoms with Crippen molar-refractivity contribution in [2.75, 3.05) is 0 Å². The minimum atomic E-state index is 0.0334. The van der Waals surface area contributed by atoms with E-state index in [1.54, 1.807) is 0 Å². The van der Waals surface area contributed by atoms with Gasteiger partial charge in [-0.1, -0.05) is 106 Å². The minimum Gasteiger partial charge on any atom is -0.0863 e. The summed E-state index contributed by atoms with van der Waals surface area (Å²) in [6, 6.07) is 8.73. The zero-order chi connectivity index (χ0) is 19.7. The predicted molar refractivity (Wildman–Crippen MR) is 123 cm³/mol. The highest BCUT2D eigenvalue weighted by Gasteiger charge is 2.37. The summed E-state index contributed by atoms with van der Waals surface area (Å²) in [4.78, 5) is 0. The Labute approximate surface area is 172 Å². The molecule has 2 aliphatic rings. The quantitative estimate of drug-likeness (QED) is 0.444. The molecule has 0 aromatic heterocycles. The maximum Gasteiger partial charge on any atom is 0.0563 e. The van der Waals surface area contributed by atoms with Crippen LogP contribution in [0.1, 0.15) is 82.8 Å². The van der Waals surface area contributed by atoms with Gasteiger partial charge in [-0.3, -0.25) is 0 Å². The number of hydrogen-bond acceptors (Lipinski definition) is 0. The van der Waals surface area contributed by atoms with Gasteiger partial charge in [-0.15, -0.1) is 0 Å².